The number of amides is 1. The van der Waals surface area contributed by atoms with Gasteiger partial charge in [-0.25, -0.2) is 9.67 Å². The second-order valence-electron chi connectivity index (χ2n) is 6.55. The molecule has 0 aliphatic carbocycles. The van der Waals surface area contributed by atoms with Gasteiger partial charge in [-0.3, -0.25) is 9.78 Å². The molecule has 0 spiro atoms. The highest BCUT2D eigenvalue weighted by Crippen LogP contribution is 2.24. The van der Waals surface area contributed by atoms with Gasteiger partial charge in [-0.15, -0.1) is 0 Å². The van der Waals surface area contributed by atoms with Crippen molar-refractivity contribution < 1.29 is 4.79 Å². The molecule has 0 aliphatic heterocycles. The zero-order chi connectivity index (χ0) is 18.3. The molecule has 3 aromatic heterocycles. The first-order valence-electron chi connectivity index (χ1n) is 8.54. The van der Waals surface area contributed by atoms with Gasteiger partial charge in [0, 0.05) is 23.0 Å². The van der Waals surface area contributed by atoms with E-state index in [1.54, 1.807) is 12.4 Å². The van der Waals surface area contributed by atoms with Crippen LogP contribution in [-0.4, -0.2) is 25.7 Å². The summed E-state index contributed by atoms with van der Waals surface area (Å²) in [6, 6.07) is 11.5. The van der Waals surface area contributed by atoms with Gasteiger partial charge in [0.05, 0.1) is 28.7 Å². The van der Waals surface area contributed by atoms with Gasteiger partial charge in [-0.1, -0.05) is 6.07 Å². The predicted octanol–water partition coefficient (Wildman–Crippen LogP) is 4.12. The van der Waals surface area contributed by atoms with Crippen LogP contribution in [0.4, 0.5) is 5.69 Å². The highest BCUT2D eigenvalue weighted by atomic mass is 16.1. The van der Waals surface area contributed by atoms with Crippen LogP contribution in [0.15, 0.2) is 48.8 Å². The average molecular weight is 345 g/mol. The van der Waals surface area contributed by atoms with Crippen molar-refractivity contribution in [1.82, 2.24) is 19.7 Å². The summed E-state index contributed by atoms with van der Waals surface area (Å²) in [5, 5.41) is 9.13. The molecule has 26 heavy (non-hydrogen) atoms. The van der Waals surface area contributed by atoms with Crippen LogP contribution in [0.3, 0.4) is 0 Å². The van der Waals surface area contributed by atoms with Crippen molar-refractivity contribution in [2.75, 3.05) is 5.32 Å². The number of rotatable bonds is 3. The topological polar surface area (TPSA) is 72.7 Å². The van der Waals surface area contributed by atoms with Crippen LogP contribution in [0.2, 0.25) is 0 Å². The smallest absolute Gasteiger partial charge is 0.257 e. The molecular weight excluding hydrogens is 326 g/mol. The van der Waals surface area contributed by atoms with Crippen molar-refractivity contribution in [1.29, 1.82) is 0 Å². The van der Waals surface area contributed by atoms with Gasteiger partial charge >= 0.3 is 0 Å². The summed E-state index contributed by atoms with van der Waals surface area (Å²) in [7, 11) is 0. The zero-order valence-electron chi connectivity index (χ0n) is 14.9. The van der Waals surface area contributed by atoms with Gasteiger partial charge < -0.3 is 5.32 Å². The molecule has 0 unspecified atom stereocenters. The number of anilines is 1. The number of carbonyl (C=O) groups excluding carboxylic acids is 1. The Kier molecular flexibility index (Phi) is 3.88. The molecule has 1 amide bonds. The van der Waals surface area contributed by atoms with E-state index in [9.17, 15) is 4.79 Å². The quantitative estimate of drug-likeness (QED) is 0.606. The molecule has 0 aliphatic rings. The lowest BCUT2D eigenvalue weighted by Crippen LogP contribution is -2.15. The van der Waals surface area contributed by atoms with E-state index >= 15 is 0 Å². The number of fused-ring (bicyclic) bond motifs is 2. The summed E-state index contributed by atoms with van der Waals surface area (Å²) in [4.78, 5) is 21.8. The second kappa shape index (κ2) is 6.22. The number of aryl methyl sites for hydroxylation is 1. The molecule has 0 saturated carbocycles. The molecule has 3 heterocycles. The molecule has 130 valence electrons. The molecule has 4 aromatic rings. The summed E-state index contributed by atoms with van der Waals surface area (Å²) in [6.07, 6.45) is 3.49. The van der Waals surface area contributed by atoms with Crippen LogP contribution < -0.4 is 5.32 Å². The van der Waals surface area contributed by atoms with Crippen LogP contribution in [0.25, 0.3) is 21.9 Å². The van der Waals surface area contributed by atoms with E-state index in [0.29, 0.717) is 11.3 Å². The maximum Gasteiger partial charge on any atom is 0.257 e. The molecular formula is C20H19N5O. The summed E-state index contributed by atoms with van der Waals surface area (Å²) in [5.74, 6) is -0.189. The Morgan fingerprint density at radius 1 is 1.19 bits per heavy atom. The van der Waals surface area contributed by atoms with Gasteiger partial charge in [0.1, 0.15) is 0 Å². The third-order valence-electron chi connectivity index (χ3n) is 4.39. The molecule has 0 radical (unpaired) electrons. The molecule has 6 heteroatoms. The summed E-state index contributed by atoms with van der Waals surface area (Å²) >= 11 is 0. The monoisotopic (exact) mass is 345 g/mol. The minimum absolute atomic E-state index is 0.189. The minimum atomic E-state index is -0.189. The number of hydrogen-bond acceptors (Lipinski definition) is 4. The van der Waals surface area contributed by atoms with Crippen LogP contribution >= 0.6 is 0 Å². The summed E-state index contributed by atoms with van der Waals surface area (Å²) in [6.45, 7) is 5.95. The standard InChI is InChI=1S/C20H19N5O/c1-12(2)25-19-14(11-22-25)10-16(13(3)23-19)20(26)24-18-8-4-7-17-15(18)6-5-9-21-17/h4-12H,1-3H3,(H,24,26). The van der Waals surface area contributed by atoms with E-state index in [1.165, 1.54) is 0 Å². The van der Waals surface area contributed by atoms with Crippen LogP contribution in [-0.2, 0) is 0 Å². The third kappa shape index (κ3) is 2.69. The van der Waals surface area contributed by atoms with E-state index in [2.05, 4.69) is 34.2 Å². The fourth-order valence-corrected chi connectivity index (χ4v) is 3.08. The number of aromatic nitrogens is 4. The van der Waals surface area contributed by atoms with E-state index in [0.717, 1.165) is 27.6 Å². The third-order valence-corrected chi connectivity index (χ3v) is 4.39. The van der Waals surface area contributed by atoms with Crippen molar-refractivity contribution in [2.45, 2.75) is 26.8 Å². The number of carbonyl (C=O) groups is 1. The molecule has 4 rings (SSSR count). The fourth-order valence-electron chi connectivity index (χ4n) is 3.08. The largest absolute Gasteiger partial charge is 0.321 e. The Morgan fingerprint density at radius 3 is 2.85 bits per heavy atom. The lowest BCUT2D eigenvalue weighted by Gasteiger charge is -2.11. The lowest BCUT2D eigenvalue weighted by molar-refractivity contribution is 0.102. The second-order valence-corrected chi connectivity index (χ2v) is 6.55. The molecule has 1 N–H and O–H groups in total. The predicted molar refractivity (Wildman–Crippen MR) is 102 cm³/mol. The summed E-state index contributed by atoms with van der Waals surface area (Å²) < 4.78 is 1.86. The normalized spacial score (nSPS) is 11.4. The highest BCUT2D eigenvalue weighted by Gasteiger charge is 2.16. The molecule has 1 aromatic carbocycles. The van der Waals surface area contributed by atoms with Crippen molar-refractivity contribution in [3.05, 3.63) is 60.0 Å². The number of nitrogens with zero attached hydrogens (tertiary/aromatic N) is 4. The van der Waals surface area contributed by atoms with Gasteiger partial charge in [0.25, 0.3) is 5.91 Å². The number of benzene rings is 1. The first kappa shape index (κ1) is 16.2. The molecule has 0 bridgehead atoms. The Labute approximate surface area is 150 Å². The number of nitrogens with one attached hydrogen (secondary N) is 1. The van der Waals surface area contributed by atoms with Crippen molar-refractivity contribution >= 4 is 33.5 Å². The van der Waals surface area contributed by atoms with Crippen molar-refractivity contribution in [3.8, 4) is 0 Å². The first-order chi connectivity index (χ1) is 12.5. The zero-order valence-corrected chi connectivity index (χ0v) is 14.9. The van der Waals surface area contributed by atoms with Crippen LogP contribution in [0.5, 0.6) is 0 Å². The van der Waals surface area contributed by atoms with E-state index in [4.69, 9.17) is 0 Å². The highest BCUT2D eigenvalue weighted by molar-refractivity contribution is 6.10. The minimum Gasteiger partial charge on any atom is -0.321 e. The number of hydrogen-bond donors (Lipinski definition) is 1. The van der Waals surface area contributed by atoms with E-state index in [1.807, 2.05) is 48.0 Å². The van der Waals surface area contributed by atoms with Gasteiger partial charge in [-0.2, -0.15) is 5.10 Å². The van der Waals surface area contributed by atoms with Gasteiger partial charge in [-0.05, 0) is 51.1 Å². The van der Waals surface area contributed by atoms with Crippen LogP contribution in [0.1, 0.15) is 35.9 Å². The Morgan fingerprint density at radius 2 is 2.04 bits per heavy atom. The van der Waals surface area contributed by atoms with Gasteiger partial charge in [0.2, 0.25) is 0 Å². The lowest BCUT2D eigenvalue weighted by atomic mass is 10.1. The first-order valence-corrected chi connectivity index (χ1v) is 8.54. The van der Waals surface area contributed by atoms with Gasteiger partial charge in [0.15, 0.2) is 5.65 Å². The molecule has 0 atom stereocenters. The number of pyridine rings is 2. The van der Waals surface area contributed by atoms with Crippen molar-refractivity contribution in [3.63, 3.8) is 0 Å². The SMILES string of the molecule is Cc1nc2c(cnn2C(C)C)cc1C(=O)Nc1cccc2ncccc12. The van der Waals surface area contributed by atoms with E-state index < -0.39 is 0 Å². The Bertz CT molecular complexity index is 1120. The maximum atomic E-state index is 12.9. The fraction of sp³-hybridized carbons (Fsp3) is 0.200. The van der Waals surface area contributed by atoms with Crippen LogP contribution in [0, 0.1) is 6.92 Å². The Balaban J connectivity index is 1.73. The maximum absolute atomic E-state index is 12.9. The molecule has 0 fully saturated rings. The van der Waals surface area contributed by atoms with Crippen molar-refractivity contribution in [2.24, 2.45) is 0 Å². The summed E-state index contributed by atoms with van der Waals surface area (Å²) in [5.41, 5.74) is 3.59. The molecule has 6 nitrogen and oxygen atoms in total. The van der Waals surface area contributed by atoms with E-state index in [-0.39, 0.29) is 11.9 Å². The average Bonchev–Trinajstić information content (AvgIpc) is 3.04. The molecule has 0 saturated heterocycles. The Hall–Kier alpha value is -3.28.